The van der Waals surface area contributed by atoms with Crippen LogP contribution in [-0.4, -0.2) is 6.36 Å². The van der Waals surface area contributed by atoms with E-state index in [1.54, 1.807) is 12.1 Å². The van der Waals surface area contributed by atoms with Gasteiger partial charge in [-0.3, -0.25) is 0 Å². The molecule has 2 nitrogen and oxygen atoms in total. The number of halogens is 3. The van der Waals surface area contributed by atoms with Crippen molar-refractivity contribution in [3.8, 4) is 5.75 Å². The summed E-state index contributed by atoms with van der Waals surface area (Å²) < 4.78 is 44.4. The Morgan fingerprint density at radius 2 is 1.93 bits per heavy atom. The summed E-state index contributed by atoms with van der Waals surface area (Å²) in [7, 11) is 0. The minimum absolute atomic E-state index is 0.102. The zero-order chi connectivity index (χ0) is 10.2. The van der Waals surface area contributed by atoms with E-state index >= 15 is 0 Å². The molecule has 0 N–H and O–H groups in total. The Labute approximate surface area is 76.9 Å². The van der Waals surface area contributed by atoms with Crippen LogP contribution >= 0.6 is 0 Å². The van der Waals surface area contributed by atoms with Crippen molar-refractivity contribution in [1.82, 2.24) is 0 Å². The number of hydrogen-bond acceptors (Lipinski definition) is 2. The van der Waals surface area contributed by atoms with Crippen molar-refractivity contribution in [2.24, 2.45) is 0 Å². The predicted molar refractivity (Wildman–Crippen MR) is 42.9 cm³/mol. The molecule has 0 aliphatic heterocycles. The largest absolute Gasteiger partial charge is 0.573 e. The Morgan fingerprint density at radius 3 is 2.64 bits per heavy atom. The van der Waals surface area contributed by atoms with Crippen molar-refractivity contribution in [1.29, 1.82) is 0 Å². The molecule has 5 heteroatoms. The Bertz CT molecular complexity index is 444. The summed E-state index contributed by atoms with van der Waals surface area (Å²) >= 11 is 0. The lowest BCUT2D eigenvalue weighted by Gasteiger charge is -2.08. The molecule has 0 bridgehead atoms. The highest BCUT2D eigenvalue weighted by molar-refractivity contribution is 5.82. The normalized spacial score (nSPS) is 11.9. The summed E-state index contributed by atoms with van der Waals surface area (Å²) in [5.74, 6) is -0.319. The Morgan fingerprint density at radius 1 is 1.14 bits per heavy atom. The summed E-state index contributed by atoms with van der Waals surface area (Å²) in [6, 6.07) is 5.89. The molecule has 0 unspecified atom stereocenters. The second-order valence-electron chi connectivity index (χ2n) is 2.64. The van der Waals surface area contributed by atoms with Crippen LogP contribution in [0.3, 0.4) is 0 Å². The number of hydrogen-bond donors (Lipinski definition) is 0. The van der Waals surface area contributed by atoms with Gasteiger partial charge < -0.3 is 9.15 Å². The van der Waals surface area contributed by atoms with Crippen LogP contribution in [0.1, 0.15) is 0 Å². The molecule has 0 fully saturated rings. The van der Waals surface area contributed by atoms with Gasteiger partial charge in [0.2, 0.25) is 0 Å². The van der Waals surface area contributed by atoms with E-state index in [-0.39, 0.29) is 11.3 Å². The number of benzene rings is 1. The summed E-state index contributed by atoms with van der Waals surface area (Å²) in [6.07, 6.45) is -3.38. The van der Waals surface area contributed by atoms with Gasteiger partial charge in [-0.05, 0) is 12.1 Å². The molecule has 0 atom stereocenters. The molecule has 0 saturated heterocycles. The van der Waals surface area contributed by atoms with E-state index in [9.17, 15) is 13.2 Å². The first-order valence-corrected chi connectivity index (χ1v) is 3.78. The molecule has 0 aliphatic rings. The van der Waals surface area contributed by atoms with E-state index in [0.29, 0.717) is 5.39 Å². The van der Waals surface area contributed by atoms with Crippen LogP contribution in [0.5, 0.6) is 5.75 Å². The molecule has 74 valence electrons. The van der Waals surface area contributed by atoms with Crippen LogP contribution in [0, 0.1) is 0 Å². The smallest absolute Gasteiger partial charge is 0.460 e. The highest BCUT2D eigenvalue weighted by Gasteiger charge is 2.32. The fourth-order valence-corrected chi connectivity index (χ4v) is 1.17. The highest BCUT2D eigenvalue weighted by atomic mass is 19.4. The number of rotatable bonds is 1. The molecule has 0 radical (unpaired) electrons. The fourth-order valence-electron chi connectivity index (χ4n) is 1.17. The van der Waals surface area contributed by atoms with Crippen LogP contribution in [-0.2, 0) is 0 Å². The highest BCUT2D eigenvalue weighted by Crippen LogP contribution is 2.30. The lowest BCUT2D eigenvalue weighted by Crippen LogP contribution is -2.17. The second kappa shape index (κ2) is 2.94. The maximum atomic E-state index is 11.9. The zero-order valence-electron chi connectivity index (χ0n) is 6.84. The molecular weight excluding hydrogens is 197 g/mol. The third-order valence-corrected chi connectivity index (χ3v) is 1.67. The van der Waals surface area contributed by atoms with Gasteiger partial charge in [-0.15, -0.1) is 13.2 Å². The molecular formula is C9H5F3O2. The van der Waals surface area contributed by atoms with Gasteiger partial charge in [0, 0.05) is 5.39 Å². The van der Waals surface area contributed by atoms with Crippen molar-refractivity contribution >= 4 is 11.0 Å². The third kappa shape index (κ3) is 1.66. The van der Waals surface area contributed by atoms with Crippen LogP contribution < -0.4 is 4.74 Å². The average Bonchev–Trinajstić information content (AvgIpc) is 2.49. The predicted octanol–water partition coefficient (Wildman–Crippen LogP) is 3.33. The Balaban J connectivity index is 2.46. The minimum atomic E-state index is -4.69. The Hall–Kier alpha value is -1.65. The van der Waals surface area contributed by atoms with E-state index in [4.69, 9.17) is 4.42 Å². The van der Waals surface area contributed by atoms with Crippen LogP contribution in [0.25, 0.3) is 11.0 Å². The molecule has 1 aromatic heterocycles. The Kier molecular flexibility index (Phi) is 1.87. The number of furan rings is 1. The van der Waals surface area contributed by atoms with Crippen LogP contribution in [0.15, 0.2) is 34.9 Å². The van der Waals surface area contributed by atoms with Gasteiger partial charge in [0.05, 0.1) is 6.26 Å². The van der Waals surface area contributed by atoms with E-state index in [1.807, 2.05) is 0 Å². The molecule has 14 heavy (non-hydrogen) atoms. The number of fused-ring (bicyclic) bond motifs is 1. The maximum absolute atomic E-state index is 11.9. The monoisotopic (exact) mass is 202 g/mol. The summed E-state index contributed by atoms with van der Waals surface area (Å²) in [6.45, 7) is 0. The molecule has 0 aliphatic carbocycles. The summed E-state index contributed by atoms with van der Waals surface area (Å²) in [4.78, 5) is 0. The van der Waals surface area contributed by atoms with Crippen molar-refractivity contribution in [3.63, 3.8) is 0 Å². The van der Waals surface area contributed by atoms with Gasteiger partial charge in [0.1, 0.15) is 0 Å². The van der Waals surface area contributed by atoms with Gasteiger partial charge in [-0.1, -0.05) is 12.1 Å². The van der Waals surface area contributed by atoms with Crippen molar-refractivity contribution < 1.29 is 22.3 Å². The lowest BCUT2D eigenvalue weighted by molar-refractivity contribution is -0.274. The van der Waals surface area contributed by atoms with E-state index < -0.39 is 6.36 Å². The number of para-hydroxylation sites is 1. The zero-order valence-corrected chi connectivity index (χ0v) is 6.84. The van der Waals surface area contributed by atoms with Crippen molar-refractivity contribution in [2.75, 3.05) is 0 Å². The molecule has 1 heterocycles. The number of alkyl halides is 3. The second-order valence-corrected chi connectivity index (χ2v) is 2.64. The van der Waals surface area contributed by atoms with E-state index in [0.717, 1.165) is 0 Å². The fraction of sp³-hybridized carbons (Fsp3) is 0.111. The van der Waals surface area contributed by atoms with Crippen LogP contribution in [0.2, 0.25) is 0 Å². The van der Waals surface area contributed by atoms with E-state index in [1.165, 1.54) is 18.4 Å². The first-order valence-electron chi connectivity index (χ1n) is 3.78. The molecule has 1 aromatic carbocycles. The summed E-state index contributed by atoms with van der Waals surface area (Å²) in [5.41, 5.74) is 0.102. The van der Waals surface area contributed by atoms with Crippen molar-refractivity contribution in [3.05, 3.63) is 30.5 Å². The van der Waals surface area contributed by atoms with Crippen molar-refractivity contribution in [2.45, 2.75) is 6.36 Å². The van der Waals surface area contributed by atoms with E-state index in [2.05, 4.69) is 4.74 Å². The van der Waals surface area contributed by atoms with Gasteiger partial charge in [0.25, 0.3) is 0 Å². The van der Waals surface area contributed by atoms with Gasteiger partial charge in [-0.25, -0.2) is 0 Å². The molecule has 0 amide bonds. The quantitative estimate of drug-likeness (QED) is 0.707. The summed E-state index contributed by atoms with van der Waals surface area (Å²) in [5, 5.41) is 0.576. The van der Waals surface area contributed by atoms with Gasteiger partial charge in [0.15, 0.2) is 11.3 Å². The third-order valence-electron chi connectivity index (χ3n) is 1.67. The molecule has 0 spiro atoms. The standard InChI is InChI=1S/C9H5F3O2/c10-9(11,12)14-7-3-1-2-6-4-5-13-8(6)7/h1-5H. The maximum Gasteiger partial charge on any atom is 0.573 e. The molecule has 0 saturated carbocycles. The molecule has 2 rings (SSSR count). The van der Waals surface area contributed by atoms with Gasteiger partial charge in [-0.2, -0.15) is 0 Å². The first-order chi connectivity index (χ1) is 6.56. The first kappa shape index (κ1) is 8.93. The van der Waals surface area contributed by atoms with Gasteiger partial charge >= 0.3 is 6.36 Å². The minimum Gasteiger partial charge on any atom is -0.460 e. The average molecular weight is 202 g/mol. The lowest BCUT2D eigenvalue weighted by atomic mass is 10.2. The number of ether oxygens (including phenoxy) is 1. The SMILES string of the molecule is FC(F)(F)Oc1cccc2ccoc12. The molecule has 2 aromatic rings. The topological polar surface area (TPSA) is 22.4 Å². The van der Waals surface area contributed by atoms with Crippen LogP contribution in [0.4, 0.5) is 13.2 Å².